The van der Waals surface area contributed by atoms with Crippen LogP contribution < -0.4 is 10.1 Å². The number of carbonyl (C=O) groups excluding carboxylic acids is 2. The first-order chi connectivity index (χ1) is 14.1. The average molecular weight is 393 g/mol. The average Bonchev–Trinajstić information content (AvgIpc) is 3.16. The third-order valence-corrected chi connectivity index (χ3v) is 5.41. The number of hydrogen-bond acceptors (Lipinski definition) is 6. The summed E-state index contributed by atoms with van der Waals surface area (Å²) in [5.74, 6) is 0.911. The molecule has 4 rings (SSSR count). The molecule has 8 nitrogen and oxygen atoms in total. The third kappa shape index (κ3) is 3.96. The van der Waals surface area contributed by atoms with Crippen molar-refractivity contribution in [2.45, 2.75) is 38.6 Å². The normalized spacial score (nSPS) is 19.1. The zero-order valence-electron chi connectivity index (χ0n) is 16.5. The maximum atomic E-state index is 12.6. The highest BCUT2D eigenvalue weighted by Gasteiger charge is 2.23. The maximum Gasteiger partial charge on any atom is 0.274 e. The number of aryl methyl sites for hydroxylation is 1. The standard InChI is InChI=1S/C21H23N5O3/c1-13-22-8-7-17(23-13)21(28)24-19-9-15-11-26(25-18(15)10-20(19)29-2)16-5-3-14(12-27)4-6-16/h7-12,14,16H,3-6H2,1-2H3,(H,24,28)/t14-,16-. The minimum atomic E-state index is -0.326. The second kappa shape index (κ2) is 7.98. The zero-order valence-corrected chi connectivity index (χ0v) is 16.5. The fraction of sp³-hybridized carbons (Fsp3) is 0.381. The summed E-state index contributed by atoms with van der Waals surface area (Å²) in [4.78, 5) is 31.7. The molecule has 1 aliphatic carbocycles. The van der Waals surface area contributed by atoms with Crippen molar-refractivity contribution in [1.82, 2.24) is 19.7 Å². The van der Waals surface area contributed by atoms with Gasteiger partial charge in [-0.2, -0.15) is 5.10 Å². The summed E-state index contributed by atoms with van der Waals surface area (Å²) < 4.78 is 7.44. The van der Waals surface area contributed by atoms with E-state index in [2.05, 4.69) is 15.3 Å². The third-order valence-electron chi connectivity index (χ3n) is 5.41. The highest BCUT2D eigenvalue weighted by molar-refractivity contribution is 6.05. The van der Waals surface area contributed by atoms with Crippen molar-refractivity contribution in [2.75, 3.05) is 12.4 Å². The van der Waals surface area contributed by atoms with Gasteiger partial charge in [-0.1, -0.05) is 0 Å². The number of carbonyl (C=O) groups is 2. The van der Waals surface area contributed by atoms with Gasteiger partial charge in [0.1, 0.15) is 23.6 Å². The molecule has 1 N–H and O–H groups in total. The number of ether oxygens (including phenoxy) is 1. The van der Waals surface area contributed by atoms with E-state index in [0.29, 0.717) is 23.0 Å². The zero-order chi connectivity index (χ0) is 20.4. The van der Waals surface area contributed by atoms with Crippen LogP contribution in [0.15, 0.2) is 30.6 Å². The van der Waals surface area contributed by atoms with E-state index in [1.165, 1.54) is 0 Å². The monoisotopic (exact) mass is 393 g/mol. The second-order valence-corrected chi connectivity index (χ2v) is 7.37. The molecular formula is C21H23N5O3. The van der Waals surface area contributed by atoms with Crippen molar-refractivity contribution in [3.05, 3.63) is 42.1 Å². The molecule has 0 unspecified atom stereocenters. The number of fused-ring (bicyclic) bond motifs is 1. The van der Waals surface area contributed by atoms with Crippen LogP contribution in [0.1, 0.15) is 48.0 Å². The summed E-state index contributed by atoms with van der Waals surface area (Å²) in [5.41, 5.74) is 1.66. The number of amides is 1. The number of aromatic nitrogens is 4. The molecule has 1 fully saturated rings. The molecule has 1 aliphatic rings. The summed E-state index contributed by atoms with van der Waals surface area (Å²) in [6.07, 6.45) is 8.28. The first-order valence-electron chi connectivity index (χ1n) is 9.70. The summed E-state index contributed by atoms with van der Waals surface area (Å²) in [6.45, 7) is 1.74. The lowest BCUT2D eigenvalue weighted by Crippen LogP contribution is -2.19. The van der Waals surface area contributed by atoms with Gasteiger partial charge in [0.05, 0.1) is 24.4 Å². The number of rotatable bonds is 5. The van der Waals surface area contributed by atoms with Crippen molar-refractivity contribution in [2.24, 2.45) is 5.92 Å². The van der Waals surface area contributed by atoms with Crippen molar-refractivity contribution in [3.63, 3.8) is 0 Å². The molecule has 1 amide bonds. The highest BCUT2D eigenvalue weighted by atomic mass is 16.5. The molecule has 0 radical (unpaired) electrons. The number of benzene rings is 1. The molecule has 1 saturated carbocycles. The Bertz CT molecular complexity index is 1050. The van der Waals surface area contributed by atoms with Gasteiger partial charge in [0, 0.05) is 29.8 Å². The fourth-order valence-electron chi connectivity index (χ4n) is 3.80. The molecule has 0 atom stereocenters. The Kier molecular flexibility index (Phi) is 5.24. The molecule has 0 saturated heterocycles. The number of nitrogens with zero attached hydrogens (tertiary/aromatic N) is 4. The van der Waals surface area contributed by atoms with Crippen LogP contribution in [0.5, 0.6) is 5.75 Å². The number of aldehydes is 1. The molecular weight excluding hydrogens is 370 g/mol. The topological polar surface area (TPSA) is 99.0 Å². The van der Waals surface area contributed by atoms with E-state index in [9.17, 15) is 9.59 Å². The Balaban J connectivity index is 1.60. The number of hydrogen-bond donors (Lipinski definition) is 1. The molecule has 3 aromatic rings. The van der Waals surface area contributed by atoms with Gasteiger partial charge in [-0.25, -0.2) is 9.97 Å². The predicted octanol–water partition coefficient (Wildman–Crippen LogP) is 3.33. The summed E-state index contributed by atoms with van der Waals surface area (Å²) >= 11 is 0. The van der Waals surface area contributed by atoms with E-state index in [1.54, 1.807) is 26.3 Å². The van der Waals surface area contributed by atoms with Gasteiger partial charge >= 0.3 is 0 Å². The molecule has 2 heterocycles. The SMILES string of the molecule is COc1cc2nn([C@H]3CC[C@H](C=O)CC3)cc2cc1NC(=O)c1ccnc(C)n1. The summed E-state index contributed by atoms with van der Waals surface area (Å²) in [5, 5.41) is 8.48. The molecule has 0 spiro atoms. The molecule has 29 heavy (non-hydrogen) atoms. The van der Waals surface area contributed by atoms with Gasteiger partial charge in [-0.15, -0.1) is 0 Å². The Morgan fingerprint density at radius 2 is 2.07 bits per heavy atom. The summed E-state index contributed by atoms with van der Waals surface area (Å²) in [7, 11) is 1.56. The van der Waals surface area contributed by atoms with Gasteiger partial charge in [0.2, 0.25) is 0 Å². The van der Waals surface area contributed by atoms with E-state index in [1.807, 2.05) is 23.0 Å². The first kappa shape index (κ1) is 19.0. The Morgan fingerprint density at radius 1 is 1.28 bits per heavy atom. The minimum absolute atomic E-state index is 0.170. The second-order valence-electron chi connectivity index (χ2n) is 7.37. The highest BCUT2D eigenvalue weighted by Crippen LogP contribution is 2.34. The maximum absolute atomic E-state index is 12.6. The van der Waals surface area contributed by atoms with Crippen molar-refractivity contribution >= 4 is 28.8 Å². The lowest BCUT2D eigenvalue weighted by atomic mass is 9.87. The van der Waals surface area contributed by atoms with Crippen LogP contribution in [-0.4, -0.2) is 39.1 Å². The van der Waals surface area contributed by atoms with Gasteiger partial charge in [-0.05, 0) is 44.7 Å². The quantitative estimate of drug-likeness (QED) is 0.668. The smallest absolute Gasteiger partial charge is 0.274 e. The van der Waals surface area contributed by atoms with Crippen LogP contribution >= 0.6 is 0 Å². The molecule has 8 heteroatoms. The molecule has 0 bridgehead atoms. The molecule has 150 valence electrons. The van der Waals surface area contributed by atoms with Crippen LogP contribution in [0.3, 0.4) is 0 Å². The van der Waals surface area contributed by atoms with E-state index >= 15 is 0 Å². The lowest BCUT2D eigenvalue weighted by molar-refractivity contribution is -0.112. The van der Waals surface area contributed by atoms with Crippen molar-refractivity contribution in [3.8, 4) is 5.75 Å². The number of nitrogens with one attached hydrogen (secondary N) is 1. The minimum Gasteiger partial charge on any atom is -0.494 e. The van der Waals surface area contributed by atoms with E-state index < -0.39 is 0 Å². The van der Waals surface area contributed by atoms with E-state index in [0.717, 1.165) is 42.9 Å². The fourth-order valence-corrected chi connectivity index (χ4v) is 3.80. The van der Waals surface area contributed by atoms with Crippen LogP contribution in [0.4, 0.5) is 5.69 Å². The molecule has 0 aliphatic heterocycles. The Morgan fingerprint density at radius 3 is 2.76 bits per heavy atom. The van der Waals surface area contributed by atoms with Crippen LogP contribution in [0, 0.1) is 12.8 Å². The van der Waals surface area contributed by atoms with Gasteiger partial charge < -0.3 is 14.8 Å². The molecule has 2 aromatic heterocycles. The van der Waals surface area contributed by atoms with Gasteiger partial charge in [0.15, 0.2) is 0 Å². The summed E-state index contributed by atoms with van der Waals surface area (Å²) in [6, 6.07) is 5.54. The lowest BCUT2D eigenvalue weighted by Gasteiger charge is -2.25. The Hall–Kier alpha value is -3.29. The number of methoxy groups -OCH3 is 1. The Labute approximate surface area is 168 Å². The number of anilines is 1. The van der Waals surface area contributed by atoms with Gasteiger partial charge in [-0.3, -0.25) is 9.48 Å². The van der Waals surface area contributed by atoms with Crippen molar-refractivity contribution in [1.29, 1.82) is 0 Å². The van der Waals surface area contributed by atoms with Crippen LogP contribution in [0.2, 0.25) is 0 Å². The van der Waals surface area contributed by atoms with Crippen molar-refractivity contribution < 1.29 is 14.3 Å². The predicted molar refractivity (Wildman–Crippen MR) is 108 cm³/mol. The van der Waals surface area contributed by atoms with E-state index in [4.69, 9.17) is 9.84 Å². The largest absolute Gasteiger partial charge is 0.494 e. The van der Waals surface area contributed by atoms with Gasteiger partial charge in [0.25, 0.3) is 5.91 Å². The van der Waals surface area contributed by atoms with Crippen LogP contribution in [0.25, 0.3) is 10.9 Å². The van der Waals surface area contributed by atoms with E-state index in [-0.39, 0.29) is 17.9 Å². The molecule has 1 aromatic carbocycles. The first-order valence-corrected chi connectivity index (χ1v) is 9.70. The van der Waals surface area contributed by atoms with Crippen LogP contribution in [-0.2, 0) is 4.79 Å².